The molecule has 1 aliphatic heterocycles. The smallest absolute Gasteiger partial charge is 0.127 e. The Morgan fingerprint density at radius 1 is 1.00 bits per heavy atom. The Hall–Kier alpha value is -2.53. The first-order valence-electron chi connectivity index (χ1n) is 5.80. The summed E-state index contributed by atoms with van der Waals surface area (Å²) in [5.74, 6) is 0.829. The predicted octanol–water partition coefficient (Wildman–Crippen LogP) is 3.53. The van der Waals surface area contributed by atoms with Gasteiger partial charge in [-0.3, -0.25) is 0 Å². The van der Waals surface area contributed by atoms with Crippen LogP contribution in [0.2, 0.25) is 0 Å². The van der Waals surface area contributed by atoms with E-state index in [-0.39, 0.29) is 0 Å². The Bertz CT molecular complexity index is 615. The van der Waals surface area contributed by atoms with Crippen LogP contribution in [-0.2, 0) is 6.61 Å². The molecule has 0 fully saturated rings. The van der Waals surface area contributed by atoms with Gasteiger partial charge in [-0.2, -0.15) is 5.26 Å². The zero-order valence-electron chi connectivity index (χ0n) is 9.76. The molecule has 2 nitrogen and oxygen atoms in total. The number of hydrogen-bond acceptors (Lipinski definition) is 2. The molecule has 0 aliphatic carbocycles. The van der Waals surface area contributed by atoms with Gasteiger partial charge in [-0.1, -0.05) is 42.5 Å². The van der Waals surface area contributed by atoms with Crippen molar-refractivity contribution in [3.8, 4) is 11.8 Å². The Morgan fingerprint density at radius 3 is 2.56 bits per heavy atom. The first-order chi connectivity index (χ1) is 8.90. The molecule has 0 saturated heterocycles. The molecule has 2 aromatic carbocycles. The van der Waals surface area contributed by atoms with E-state index in [2.05, 4.69) is 6.07 Å². The molecule has 0 unspecified atom stereocenters. The number of allylic oxidation sites excluding steroid dienone is 1. The van der Waals surface area contributed by atoms with Crippen LogP contribution < -0.4 is 4.74 Å². The first-order valence-corrected chi connectivity index (χ1v) is 5.80. The number of para-hydroxylation sites is 1. The highest BCUT2D eigenvalue weighted by Crippen LogP contribution is 2.36. The molecule has 0 saturated carbocycles. The molecule has 1 heterocycles. The van der Waals surface area contributed by atoms with E-state index in [1.165, 1.54) is 0 Å². The Balaban J connectivity index is 2.29. The molecule has 0 bridgehead atoms. The van der Waals surface area contributed by atoms with Crippen molar-refractivity contribution < 1.29 is 4.74 Å². The van der Waals surface area contributed by atoms with Gasteiger partial charge in [0.05, 0.1) is 6.07 Å². The van der Waals surface area contributed by atoms with Gasteiger partial charge in [-0.15, -0.1) is 0 Å². The summed E-state index contributed by atoms with van der Waals surface area (Å²) < 4.78 is 5.80. The van der Waals surface area contributed by atoms with Crippen molar-refractivity contribution in [1.82, 2.24) is 0 Å². The Morgan fingerprint density at radius 2 is 1.72 bits per heavy atom. The molecule has 0 aromatic heterocycles. The molecule has 0 amide bonds. The number of rotatable bonds is 0. The van der Waals surface area contributed by atoms with Crippen molar-refractivity contribution in [1.29, 1.82) is 5.26 Å². The average molecular weight is 233 g/mol. The van der Waals surface area contributed by atoms with Crippen LogP contribution in [0.4, 0.5) is 0 Å². The van der Waals surface area contributed by atoms with E-state index in [9.17, 15) is 0 Å². The zero-order valence-corrected chi connectivity index (χ0v) is 9.76. The van der Waals surface area contributed by atoms with Gasteiger partial charge in [0, 0.05) is 17.2 Å². The number of fused-ring (bicyclic) bond motifs is 2. The lowest BCUT2D eigenvalue weighted by atomic mass is 9.94. The summed E-state index contributed by atoms with van der Waals surface area (Å²) in [5, 5.41) is 8.99. The molecular formula is C16H11NO. The first kappa shape index (κ1) is 10.6. The van der Waals surface area contributed by atoms with Gasteiger partial charge in [0.1, 0.15) is 12.4 Å². The van der Waals surface area contributed by atoms with Crippen molar-refractivity contribution in [2.45, 2.75) is 6.61 Å². The fourth-order valence-corrected chi connectivity index (χ4v) is 2.24. The van der Waals surface area contributed by atoms with Crippen LogP contribution >= 0.6 is 0 Å². The number of nitriles is 1. The summed E-state index contributed by atoms with van der Waals surface area (Å²) in [6.45, 7) is 0.538. The summed E-state index contributed by atoms with van der Waals surface area (Å²) in [7, 11) is 0. The summed E-state index contributed by atoms with van der Waals surface area (Å²) in [6.07, 6.45) is 1.59. The lowest BCUT2D eigenvalue weighted by molar-refractivity contribution is 0.307. The third kappa shape index (κ3) is 1.66. The van der Waals surface area contributed by atoms with Crippen LogP contribution in [0.3, 0.4) is 0 Å². The van der Waals surface area contributed by atoms with E-state index in [4.69, 9.17) is 10.00 Å². The van der Waals surface area contributed by atoms with Crippen LogP contribution in [0.25, 0.3) is 5.57 Å². The summed E-state index contributed by atoms with van der Waals surface area (Å²) in [4.78, 5) is 0. The van der Waals surface area contributed by atoms with E-state index >= 15 is 0 Å². The van der Waals surface area contributed by atoms with Crippen LogP contribution in [0.1, 0.15) is 16.7 Å². The van der Waals surface area contributed by atoms with Gasteiger partial charge in [-0.05, 0) is 17.2 Å². The number of nitrogens with zero attached hydrogens (tertiary/aromatic N) is 1. The third-order valence-electron chi connectivity index (χ3n) is 3.08. The molecule has 0 N–H and O–H groups in total. The molecule has 0 spiro atoms. The summed E-state index contributed by atoms with van der Waals surface area (Å²) in [6, 6.07) is 18.0. The van der Waals surface area contributed by atoms with Crippen LogP contribution in [0.5, 0.6) is 5.75 Å². The van der Waals surface area contributed by atoms with E-state index in [1.54, 1.807) is 6.08 Å². The van der Waals surface area contributed by atoms with Gasteiger partial charge in [-0.25, -0.2) is 0 Å². The highest BCUT2D eigenvalue weighted by atomic mass is 16.5. The Labute approximate surface area is 106 Å². The maximum Gasteiger partial charge on any atom is 0.127 e. The van der Waals surface area contributed by atoms with Crippen molar-refractivity contribution in [3.05, 3.63) is 71.3 Å². The molecule has 2 aromatic rings. The van der Waals surface area contributed by atoms with Crippen molar-refractivity contribution >= 4 is 5.57 Å². The topological polar surface area (TPSA) is 33.0 Å². The van der Waals surface area contributed by atoms with Gasteiger partial charge in [0.25, 0.3) is 0 Å². The number of hydrogen-bond donors (Lipinski definition) is 0. The van der Waals surface area contributed by atoms with E-state index < -0.39 is 0 Å². The predicted molar refractivity (Wildman–Crippen MR) is 69.9 cm³/mol. The summed E-state index contributed by atoms with van der Waals surface area (Å²) >= 11 is 0. The van der Waals surface area contributed by atoms with Gasteiger partial charge in [0.2, 0.25) is 0 Å². The third-order valence-corrected chi connectivity index (χ3v) is 3.08. The molecule has 2 heteroatoms. The largest absolute Gasteiger partial charge is 0.488 e. The zero-order chi connectivity index (χ0) is 12.4. The van der Waals surface area contributed by atoms with Crippen molar-refractivity contribution in [2.24, 2.45) is 0 Å². The lowest BCUT2D eigenvalue weighted by Gasteiger charge is -2.08. The molecule has 0 radical (unpaired) electrons. The van der Waals surface area contributed by atoms with Gasteiger partial charge >= 0.3 is 0 Å². The van der Waals surface area contributed by atoms with Crippen LogP contribution in [0.15, 0.2) is 54.6 Å². The van der Waals surface area contributed by atoms with Crippen LogP contribution in [-0.4, -0.2) is 0 Å². The van der Waals surface area contributed by atoms with Crippen molar-refractivity contribution in [2.75, 3.05) is 0 Å². The second-order valence-corrected chi connectivity index (χ2v) is 4.13. The average Bonchev–Trinajstić information content (AvgIpc) is 2.58. The SMILES string of the molecule is N#C/C=C1\c2ccccc2COc2ccccc21. The molecule has 3 rings (SSSR count). The fraction of sp³-hybridized carbons (Fsp3) is 0.0625. The minimum absolute atomic E-state index is 0.538. The standard InChI is InChI=1S/C16H11NO/c17-10-9-14-13-6-2-1-5-12(13)11-18-16-8-4-3-7-15(14)16/h1-9H,11H2/b14-9+. The van der Waals surface area contributed by atoms with E-state index in [0.717, 1.165) is 28.0 Å². The van der Waals surface area contributed by atoms with Crippen molar-refractivity contribution in [3.63, 3.8) is 0 Å². The second kappa shape index (κ2) is 4.38. The highest BCUT2D eigenvalue weighted by molar-refractivity contribution is 5.86. The minimum atomic E-state index is 0.538. The maximum absolute atomic E-state index is 8.99. The minimum Gasteiger partial charge on any atom is -0.488 e. The quantitative estimate of drug-likeness (QED) is 0.652. The Kier molecular flexibility index (Phi) is 2.59. The lowest BCUT2D eigenvalue weighted by Crippen LogP contribution is -1.94. The van der Waals surface area contributed by atoms with Crippen LogP contribution in [0, 0.1) is 11.3 Å². The molecule has 18 heavy (non-hydrogen) atoms. The van der Waals surface area contributed by atoms with Gasteiger partial charge < -0.3 is 4.74 Å². The molecular weight excluding hydrogens is 222 g/mol. The maximum atomic E-state index is 8.99. The number of benzene rings is 2. The monoisotopic (exact) mass is 233 g/mol. The molecule has 1 aliphatic rings. The normalized spacial score (nSPS) is 14.9. The van der Waals surface area contributed by atoms with E-state index in [0.29, 0.717) is 6.61 Å². The van der Waals surface area contributed by atoms with Gasteiger partial charge in [0.15, 0.2) is 0 Å². The number of ether oxygens (including phenoxy) is 1. The van der Waals surface area contributed by atoms with E-state index in [1.807, 2.05) is 48.5 Å². The fourth-order valence-electron chi connectivity index (χ4n) is 2.24. The second-order valence-electron chi connectivity index (χ2n) is 4.13. The molecule has 86 valence electrons. The highest BCUT2D eigenvalue weighted by Gasteiger charge is 2.17. The summed E-state index contributed by atoms with van der Waals surface area (Å²) in [5.41, 5.74) is 4.09. The molecule has 0 atom stereocenters.